The van der Waals surface area contributed by atoms with Crippen LogP contribution in [-0.4, -0.2) is 54.4 Å². The number of carbonyl (C=O) groups excluding carboxylic acids is 2. The highest BCUT2D eigenvalue weighted by Gasteiger charge is 2.33. The molecule has 0 saturated carbocycles. The van der Waals surface area contributed by atoms with Crippen molar-refractivity contribution < 1.29 is 22.8 Å². The van der Waals surface area contributed by atoms with Gasteiger partial charge in [0, 0.05) is 51.3 Å². The topological polar surface area (TPSA) is 65.5 Å². The molecule has 10 heteroatoms. The predicted molar refractivity (Wildman–Crippen MR) is 103 cm³/mol. The van der Waals surface area contributed by atoms with Crippen molar-refractivity contribution in [3.05, 3.63) is 22.8 Å². The fraction of sp³-hybridized carbons (Fsp3) is 0.632. The molecule has 0 bridgehead atoms. The molecule has 1 aromatic rings. The average molecular weight is 433 g/mol. The number of nitrogens with zero attached hydrogens (tertiary/aromatic N) is 3. The summed E-state index contributed by atoms with van der Waals surface area (Å²) in [6, 6.07) is 0.875. The minimum Gasteiger partial charge on any atom is -0.355 e. The van der Waals surface area contributed by atoms with E-state index in [2.05, 4.69) is 10.3 Å². The Hall–Kier alpha value is -2.03. The minimum absolute atomic E-state index is 0.0526. The van der Waals surface area contributed by atoms with E-state index in [1.165, 1.54) is 0 Å². The van der Waals surface area contributed by atoms with E-state index in [4.69, 9.17) is 11.6 Å². The summed E-state index contributed by atoms with van der Waals surface area (Å²) >= 11 is 6.00. The number of anilines is 1. The van der Waals surface area contributed by atoms with Gasteiger partial charge in [0.25, 0.3) is 0 Å². The minimum atomic E-state index is -4.49. The molecule has 3 rings (SSSR count). The van der Waals surface area contributed by atoms with Crippen LogP contribution in [-0.2, 0) is 15.8 Å². The third-order valence-corrected chi connectivity index (χ3v) is 5.69. The van der Waals surface area contributed by atoms with E-state index in [0.29, 0.717) is 44.7 Å². The largest absolute Gasteiger partial charge is 0.417 e. The maximum absolute atomic E-state index is 12.7. The van der Waals surface area contributed by atoms with Gasteiger partial charge < -0.3 is 15.1 Å². The SMILES string of the molecule is O=C(NCCC(=O)N1CCCC1)C1CCN(c2ncc(C(F)(F)F)cc2Cl)CC1. The Morgan fingerprint density at radius 2 is 1.83 bits per heavy atom. The molecule has 0 radical (unpaired) electrons. The van der Waals surface area contributed by atoms with E-state index in [-0.39, 0.29) is 22.8 Å². The van der Waals surface area contributed by atoms with Crippen LogP contribution >= 0.6 is 11.6 Å². The van der Waals surface area contributed by atoms with E-state index >= 15 is 0 Å². The molecule has 0 spiro atoms. The number of hydrogen-bond acceptors (Lipinski definition) is 4. The normalized spacial score (nSPS) is 18.2. The van der Waals surface area contributed by atoms with Gasteiger partial charge in [0.1, 0.15) is 5.82 Å². The Bertz CT molecular complexity index is 745. The first-order valence-corrected chi connectivity index (χ1v) is 10.2. The number of hydrogen-bond donors (Lipinski definition) is 1. The van der Waals surface area contributed by atoms with Crippen molar-refractivity contribution in [2.75, 3.05) is 37.6 Å². The zero-order valence-corrected chi connectivity index (χ0v) is 16.7. The maximum atomic E-state index is 12.7. The second-order valence-corrected chi connectivity index (χ2v) is 7.82. The van der Waals surface area contributed by atoms with E-state index in [1.807, 2.05) is 4.90 Å². The van der Waals surface area contributed by atoms with E-state index in [9.17, 15) is 22.8 Å². The lowest BCUT2D eigenvalue weighted by atomic mass is 9.96. The third kappa shape index (κ3) is 5.52. The summed E-state index contributed by atoms with van der Waals surface area (Å²) in [6.45, 7) is 2.87. The highest BCUT2D eigenvalue weighted by atomic mass is 35.5. The number of nitrogens with one attached hydrogen (secondary N) is 1. The van der Waals surface area contributed by atoms with Gasteiger partial charge in [-0.25, -0.2) is 4.98 Å². The number of carbonyl (C=O) groups is 2. The van der Waals surface area contributed by atoms with Gasteiger partial charge >= 0.3 is 6.18 Å². The smallest absolute Gasteiger partial charge is 0.355 e. The van der Waals surface area contributed by atoms with E-state index in [0.717, 1.165) is 38.2 Å². The number of rotatable bonds is 5. The van der Waals surface area contributed by atoms with Crippen molar-refractivity contribution in [3.8, 4) is 0 Å². The molecule has 0 unspecified atom stereocenters. The molecule has 1 aromatic heterocycles. The molecule has 2 fully saturated rings. The first-order valence-electron chi connectivity index (χ1n) is 9.79. The fourth-order valence-electron chi connectivity index (χ4n) is 3.73. The zero-order chi connectivity index (χ0) is 21.0. The van der Waals surface area contributed by atoms with Gasteiger partial charge in [-0.05, 0) is 31.7 Å². The number of aromatic nitrogens is 1. The molecule has 2 amide bonds. The quantitative estimate of drug-likeness (QED) is 0.776. The number of halogens is 4. The Morgan fingerprint density at radius 3 is 2.41 bits per heavy atom. The maximum Gasteiger partial charge on any atom is 0.417 e. The molecular weight excluding hydrogens is 409 g/mol. The van der Waals surface area contributed by atoms with Crippen molar-refractivity contribution in [1.82, 2.24) is 15.2 Å². The summed E-state index contributed by atoms with van der Waals surface area (Å²) in [7, 11) is 0. The van der Waals surface area contributed by atoms with Crippen LogP contribution in [0.3, 0.4) is 0 Å². The molecule has 1 N–H and O–H groups in total. The highest BCUT2D eigenvalue weighted by molar-refractivity contribution is 6.33. The highest BCUT2D eigenvalue weighted by Crippen LogP contribution is 2.34. The van der Waals surface area contributed by atoms with Crippen molar-refractivity contribution in [1.29, 1.82) is 0 Å². The molecule has 0 aromatic carbocycles. The van der Waals surface area contributed by atoms with Crippen molar-refractivity contribution in [2.45, 2.75) is 38.3 Å². The number of piperidine rings is 1. The summed E-state index contributed by atoms with van der Waals surface area (Å²) in [5.74, 6) is 0.0853. The second-order valence-electron chi connectivity index (χ2n) is 7.42. The molecule has 0 atom stereocenters. The molecule has 2 aliphatic heterocycles. The van der Waals surface area contributed by atoms with Gasteiger partial charge in [-0.3, -0.25) is 9.59 Å². The van der Waals surface area contributed by atoms with Crippen molar-refractivity contribution in [2.24, 2.45) is 5.92 Å². The molecule has 2 aliphatic rings. The third-order valence-electron chi connectivity index (χ3n) is 5.41. The molecule has 2 saturated heterocycles. The summed E-state index contributed by atoms with van der Waals surface area (Å²) in [4.78, 5) is 31.8. The molecular formula is C19H24ClF3N4O2. The molecule has 3 heterocycles. The summed E-state index contributed by atoms with van der Waals surface area (Å²) in [6.07, 6.45) is -0.248. The van der Waals surface area contributed by atoms with Gasteiger partial charge in [-0.15, -0.1) is 0 Å². The summed E-state index contributed by atoms with van der Waals surface area (Å²) in [5.41, 5.74) is -0.885. The molecule has 0 aliphatic carbocycles. The number of pyridine rings is 1. The lowest BCUT2D eigenvalue weighted by molar-refractivity contribution is -0.138. The lowest BCUT2D eigenvalue weighted by Gasteiger charge is -2.32. The van der Waals surface area contributed by atoms with Gasteiger partial charge in [0.05, 0.1) is 10.6 Å². The van der Waals surface area contributed by atoms with Crippen LogP contribution in [0.1, 0.15) is 37.7 Å². The van der Waals surface area contributed by atoms with Crippen LogP contribution in [0, 0.1) is 5.92 Å². The van der Waals surface area contributed by atoms with Crippen LogP contribution < -0.4 is 10.2 Å². The first-order chi connectivity index (χ1) is 13.8. The Kier molecular flexibility index (Phi) is 6.87. The van der Waals surface area contributed by atoms with Crippen LogP contribution in [0.25, 0.3) is 0 Å². The molecule has 29 heavy (non-hydrogen) atoms. The zero-order valence-electron chi connectivity index (χ0n) is 16.0. The van der Waals surface area contributed by atoms with E-state index < -0.39 is 11.7 Å². The number of likely N-dealkylation sites (tertiary alicyclic amines) is 1. The number of amides is 2. The van der Waals surface area contributed by atoms with Gasteiger partial charge in [-0.1, -0.05) is 11.6 Å². The second kappa shape index (κ2) is 9.19. The fourth-order valence-corrected chi connectivity index (χ4v) is 4.02. The van der Waals surface area contributed by atoms with Crippen LogP contribution in [0.15, 0.2) is 12.3 Å². The molecule has 160 valence electrons. The lowest BCUT2D eigenvalue weighted by Crippen LogP contribution is -2.42. The number of alkyl halides is 3. The summed E-state index contributed by atoms with van der Waals surface area (Å²) in [5, 5.41) is 2.77. The van der Waals surface area contributed by atoms with Crippen molar-refractivity contribution >= 4 is 29.2 Å². The van der Waals surface area contributed by atoms with Crippen LogP contribution in [0.2, 0.25) is 5.02 Å². The summed E-state index contributed by atoms with van der Waals surface area (Å²) < 4.78 is 38.2. The Balaban J connectivity index is 1.45. The first kappa shape index (κ1) is 21.7. The predicted octanol–water partition coefficient (Wildman–Crippen LogP) is 3.10. The Labute approximate surface area is 172 Å². The Morgan fingerprint density at radius 1 is 1.17 bits per heavy atom. The van der Waals surface area contributed by atoms with Crippen molar-refractivity contribution in [3.63, 3.8) is 0 Å². The standard InChI is InChI=1S/C19H24ClF3N4O2/c20-15-11-14(19(21,22)23)12-25-17(15)27-9-4-13(5-10-27)18(29)24-6-3-16(28)26-7-1-2-8-26/h11-13H,1-10H2,(H,24,29). The monoisotopic (exact) mass is 432 g/mol. The van der Waals surface area contributed by atoms with Crippen LogP contribution in [0.4, 0.5) is 19.0 Å². The van der Waals surface area contributed by atoms with Gasteiger partial charge in [0.2, 0.25) is 11.8 Å². The molecule has 6 nitrogen and oxygen atoms in total. The van der Waals surface area contributed by atoms with Crippen LogP contribution in [0.5, 0.6) is 0 Å². The van der Waals surface area contributed by atoms with Gasteiger partial charge in [-0.2, -0.15) is 13.2 Å². The van der Waals surface area contributed by atoms with Gasteiger partial charge in [0.15, 0.2) is 0 Å². The van der Waals surface area contributed by atoms with E-state index in [1.54, 1.807) is 4.90 Å². The average Bonchev–Trinajstić information content (AvgIpc) is 3.22.